The van der Waals surface area contributed by atoms with Gasteiger partial charge in [-0.05, 0) is 49.2 Å². The summed E-state index contributed by atoms with van der Waals surface area (Å²) in [5.74, 6) is 1.55. The molecule has 0 heterocycles. The Morgan fingerprint density at radius 3 is 2.20 bits per heavy atom. The van der Waals surface area contributed by atoms with Gasteiger partial charge in [-0.1, -0.05) is 43.9 Å². The minimum atomic E-state index is 0.000902. The molecule has 0 bridgehead atoms. The molecule has 0 unspecified atom stereocenters. The zero-order valence-corrected chi connectivity index (χ0v) is 14.5. The lowest BCUT2D eigenvalue weighted by Crippen LogP contribution is -2.35. The van der Waals surface area contributed by atoms with Crippen molar-refractivity contribution in [3.63, 3.8) is 0 Å². The summed E-state index contributed by atoms with van der Waals surface area (Å²) < 4.78 is 5.75. The predicted molar refractivity (Wildman–Crippen MR) is 101 cm³/mol. The van der Waals surface area contributed by atoms with E-state index in [1.165, 1.54) is 38.5 Å². The number of carbonyl (C=O) groups excluding carboxylic acids is 1. The van der Waals surface area contributed by atoms with Gasteiger partial charge in [0, 0.05) is 11.7 Å². The second kappa shape index (κ2) is 9.23. The molecule has 2 aromatic carbocycles. The molecule has 1 fully saturated rings. The topological polar surface area (TPSA) is 50.4 Å². The maximum atomic E-state index is 12.1. The molecular formula is C21H26N2O2. The van der Waals surface area contributed by atoms with E-state index in [1.807, 2.05) is 54.6 Å². The third kappa shape index (κ3) is 5.91. The van der Waals surface area contributed by atoms with Crippen molar-refractivity contribution in [1.29, 1.82) is 0 Å². The van der Waals surface area contributed by atoms with E-state index in [1.54, 1.807) is 0 Å². The molecule has 1 aliphatic rings. The summed E-state index contributed by atoms with van der Waals surface area (Å²) in [5, 5.41) is 6.32. The van der Waals surface area contributed by atoms with Gasteiger partial charge in [-0.15, -0.1) is 0 Å². The number of hydrogen-bond acceptors (Lipinski definition) is 3. The largest absolute Gasteiger partial charge is 0.457 e. The number of ether oxygens (including phenoxy) is 1. The molecule has 1 amide bonds. The molecule has 4 heteroatoms. The molecule has 0 saturated heterocycles. The van der Waals surface area contributed by atoms with E-state index in [-0.39, 0.29) is 5.91 Å². The van der Waals surface area contributed by atoms with Crippen LogP contribution < -0.4 is 15.4 Å². The first-order valence-electron chi connectivity index (χ1n) is 9.16. The van der Waals surface area contributed by atoms with Gasteiger partial charge < -0.3 is 15.4 Å². The van der Waals surface area contributed by atoms with Crippen LogP contribution in [0.3, 0.4) is 0 Å². The first-order valence-corrected chi connectivity index (χ1v) is 9.16. The average Bonchev–Trinajstić information content (AvgIpc) is 2.91. The summed E-state index contributed by atoms with van der Waals surface area (Å²) in [6.07, 6.45) is 7.53. The van der Waals surface area contributed by atoms with Crippen LogP contribution >= 0.6 is 0 Å². The molecule has 0 atom stereocenters. The van der Waals surface area contributed by atoms with Crippen LogP contribution in [0, 0.1) is 0 Å². The molecule has 0 aromatic heterocycles. The second-order valence-electron chi connectivity index (χ2n) is 6.56. The Labute approximate surface area is 149 Å². The number of anilines is 1. The first kappa shape index (κ1) is 17.5. The summed E-state index contributed by atoms with van der Waals surface area (Å²) in [6.45, 7) is 0.368. The van der Waals surface area contributed by atoms with Gasteiger partial charge in [0.2, 0.25) is 5.91 Å². The molecule has 0 spiro atoms. The van der Waals surface area contributed by atoms with E-state index in [0.717, 1.165) is 17.2 Å². The lowest BCUT2D eigenvalue weighted by molar-refractivity contribution is -0.115. The number of rotatable bonds is 6. The van der Waals surface area contributed by atoms with Crippen LogP contribution in [-0.2, 0) is 4.79 Å². The van der Waals surface area contributed by atoms with Gasteiger partial charge in [0.25, 0.3) is 0 Å². The van der Waals surface area contributed by atoms with Gasteiger partial charge in [0.05, 0.1) is 6.54 Å². The minimum absolute atomic E-state index is 0.000902. The Morgan fingerprint density at radius 1 is 0.880 bits per heavy atom. The molecule has 1 saturated carbocycles. The number of carbonyl (C=O) groups is 1. The Morgan fingerprint density at radius 2 is 1.52 bits per heavy atom. The highest BCUT2D eigenvalue weighted by Crippen LogP contribution is 2.22. The molecule has 25 heavy (non-hydrogen) atoms. The number of para-hydroxylation sites is 1. The van der Waals surface area contributed by atoms with E-state index >= 15 is 0 Å². The Bertz CT molecular complexity index is 647. The van der Waals surface area contributed by atoms with E-state index in [9.17, 15) is 4.79 Å². The molecule has 0 aliphatic heterocycles. The first-order chi connectivity index (χ1) is 12.3. The summed E-state index contributed by atoms with van der Waals surface area (Å²) in [5.41, 5.74) is 0.785. The third-order valence-electron chi connectivity index (χ3n) is 4.52. The fourth-order valence-electron chi connectivity index (χ4n) is 3.16. The quantitative estimate of drug-likeness (QED) is 0.749. The van der Waals surface area contributed by atoms with E-state index in [0.29, 0.717) is 12.6 Å². The molecule has 132 valence electrons. The van der Waals surface area contributed by atoms with Crippen molar-refractivity contribution >= 4 is 11.6 Å². The van der Waals surface area contributed by atoms with Crippen LogP contribution in [0.1, 0.15) is 38.5 Å². The molecule has 3 rings (SSSR count). The summed E-state index contributed by atoms with van der Waals surface area (Å²) in [6, 6.07) is 17.6. The Balaban J connectivity index is 1.45. The monoisotopic (exact) mass is 338 g/mol. The number of benzene rings is 2. The minimum Gasteiger partial charge on any atom is -0.457 e. The van der Waals surface area contributed by atoms with Gasteiger partial charge in [-0.25, -0.2) is 0 Å². The molecular weight excluding hydrogens is 312 g/mol. The van der Waals surface area contributed by atoms with Crippen molar-refractivity contribution < 1.29 is 9.53 Å². The van der Waals surface area contributed by atoms with Crippen molar-refractivity contribution in [2.45, 2.75) is 44.6 Å². The standard InChI is InChI=1S/C21H26N2O2/c24-21(16-22-17-8-4-1-2-5-9-17)23-18-12-14-20(15-13-18)25-19-10-6-3-7-11-19/h3,6-7,10-15,17,22H,1-2,4-5,8-9,16H2,(H,23,24). The third-order valence-corrected chi connectivity index (χ3v) is 4.52. The van der Waals surface area contributed by atoms with Crippen LogP contribution in [0.15, 0.2) is 54.6 Å². The lowest BCUT2D eigenvalue weighted by atomic mass is 10.1. The fourth-order valence-corrected chi connectivity index (χ4v) is 3.16. The summed E-state index contributed by atoms with van der Waals surface area (Å²) in [7, 11) is 0. The molecule has 4 nitrogen and oxygen atoms in total. The lowest BCUT2D eigenvalue weighted by Gasteiger charge is -2.16. The maximum absolute atomic E-state index is 12.1. The smallest absolute Gasteiger partial charge is 0.238 e. The Hall–Kier alpha value is -2.33. The van der Waals surface area contributed by atoms with Gasteiger partial charge in [0.1, 0.15) is 11.5 Å². The predicted octanol–water partition coefficient (Wildman–Crippen LogP) is 4.73. The van der Waals surface area contributed by atoms with Gasteiger partial charge in [-0.2, -0.15) is 0 Å². The van der Waals surface area contributed by atoms with E-state index in [4.69, 9.17) is 4.74 Å². The fraction of sp³-hybridized carbons (Fsp3) is 0.381. The zero-order chi connectivity index (χ0) is 17.3. The molecule has 1 aliphatic carbocycles. The summed E-state index contributed by atoms with van der Waals surface area (Å²) >= 11 is 0. The SMILES string of the molecule is O=C(CNC1CCCCCC1)Nc1ccc(Oc2ccccc2)cc1. The van der Waals surface area contributed by atoms with Gasteiger partial charge >= 0.3 is 0 Å². The number of nitrogens with one attached hydrogen (secondary N) is 2. The van der Waals surface area contributed by atoms with Crippen molar-refractivity contribution in [3.05, 3.63) is 54.6 Å². The molecule has 2 N–H and O–H groups in total. The van der Waals surface area contributed by atoms with Crippen LogP contribution in [0.4, 0.5) is 5.69 Å². The second-order valence-corrected chi connectivity index (χ2v) is 6.56. The van der Waals surface area contributed by atoms with Crippen LogP contribution in [0.25, 0.3) is 0 Å². The molecule has 2 aromatic rings. The van der Waals surface area contributed by atoms with Gasteiger partial charge in [-0.3, -0.25) is 4.79 Å². The van der Waals surface area contributed by atoms with E-state index in [2.05, 4.69) is 10.6 Å². The highest BCUT2D eigenvalue weighted by atomic mass is 16.5. The average molecular weight is 338 g/mol. The van der Waals surface area contributed by atoms with Crippen LogP contribution in [-0.4, -0.2) is 18.5 Å². The van der Waals surface area contributed by atoms with Crippen molar-refractivity contribution in [2.75, 3.05) is 11.9 Å². The van der Waals surface area contributed by atoms with Crippen molar-refractivity contribution in [2.24, 2.45) is 0 Å². The highest BCUT2D eigenvalue weighted by Gasteiger charge is 2.13. The normalized spacial score (nSPS) is 15.4. The van der Waals surface area contributed by atoms with Gasteiger partial charge in [0.15, 0.2) is 0 Å². The van der Waals surface area contributed by atoms with Crippen LogP contribution in [0.5, 0.6) is 11.5 Å². The Kier molecular flexibility index (Phi) is 6.46. The zero-order valence-electron chi connectivity index (χ0n) is 14.5. The number of amides is 1. The van der Waals surface area contributed by atoms with Crippen molar-refractivity contribution in [3.8, 4) is 11.5 Å². The molecule has 0 radical (unpaired) electrons. The van der Waals surface area contributed by atoms with Crippen molar-refractivity contribution in [1.82, 2.24) is 5.32 Å². The van der Waals surface area contributed by atoms with E-state index < -0.39 is 0 Å². The number of hydrogen-bond donors (Lipinski definition) is 2. The van der Waals surface area contributed by atoms with Crippen LogP contribution in [0.2, 0.25) is 0 Å². The highest BCUT2D eigenvalue weighted by molar-refractivity contribution is 5.92. The maximum Gasteiger partial charge on any atom is 0.238 e. The summed E-state index contributed by atoms with van der Waals surface area (Å²) in [4.78, 5) is 12.1.